The van der Waals surface area contributed by atoms with Gasteiger partial charge < -0.3 is 10.6 Å². The molecule has 1 atom stereocenters. The highest BCUT2D eigenvalue weighted by atomic mass is 16.2. The summed E-state index contributed by atoms with van der Waals surface area (Å²) in [5, 5.41) is 6.38. The lowest BCUT2D eigenvalue weighted by Crippen LogP contribution is -2.53. The van der Waals surface area contributed by atoms with Crippen molar-refractivity contribution < 1.29 is 4.79 Å². The molecule has 1 aromatic carbocycles. The van der Waals surface area contributed by atoms with Crippen LogP contribution in [0, 0.1) is 5.41 Å². The zero-order valence-electron chi connectivity index (χ0n) is 13.0. The van der Waals surface area contributed by atoms with Gasteiger partial charge in [0.05, 0.1) is 6.04 Å². The summed E-state index contributed by atoms with van der Waals surface area (Å²) < 4.78 is 0. The molecular weight excluding hydrogens is 248 g/mol. The number of piperidine rings is 1. The molecule has 0 bridgehead atoms. The molecule has 1 aliphatic rings. The van der Waals surface area contributed by atoms with Crippen LogP contribution < -0.4 is 10.6 Å². The summed E-state index contributed by atoms with van der Waals surface area (Å²) in [5.41, 5.74) is 2.18. The quantitative estimate of drug-likeness (QED) is 0.885. The van der Waals surface area contributed by atoms with Crippen molar-refractivity contribution in [1.82, 2.24) is 5.32 Å². The number of carbonyl (C=O) groups excluding carboxylic acids is 1. The van der Waals surface area contributed by atoms with Crippen LogP contribution in [0.3, 0.4) is 0 Å². The Labute approximate surface area is 122 Å². The van der Waals surface area contributed by atoms with Crippen LogP contribution in [0.25, 0.3) is 0 Å². The molecule has 1 saturated heterocycles. The summed E-state index contributed by atoms with van der Waals surface area (Å²) in [4.78, 5) is 12.4. The molecule has 0 radical (unpaired) electrons. The topological polar surface area (TPSA) is 41.1 Å². The van der Waals surface area contributed by atoms with E-state index in [4.69, 9.17) is 0 Å². The summed E-state index contributed by atoms with van der Waals surface area (Å²) in [6.07, 6.45) is 2.23. The first kappa shape index (κ1) is 15.0. The summed E-state index contributed by atoms with van der Waals surface area (Å²) in [7, 11) is 0. The van der Waals surface area contributed by atoms with Gasteiger partial charge in [-0.05, 0) is 48.4 Å². The fourth-order valence-electron chi connectivity index (χ4n) is 2.82. The number of carbonyl (C=O) groups is 1. The maximum atomic E-state index is 12.4. The summed E-state index contributed by atoms with van der Waals surface area (Å²) >= 11 is 0. The van der Waals surface area contributed by atoms with Gasteiger partial charge in [-0.2, -0.15) is 0 Å². The van der Waals surface area contributed by atoms with E-state index in [1.807, 2.05) is 12.1 Å². The monoisotopic (exact) mass is 274 g/mol. The number of hydrogen-bond donors (Lipinski definition) is 2. The molecule has 0 saturated carbocycles. The van der Waals surface area contributed by atoms with E-state index in [9.17, 15) is 4.79 Å². The van der Waals surface area contributed by atoms with Gasteiger partial charge in [-0.3, -0.25) is 4.79 Å². The normalized spacial score (nSPS) is 21.8. The standard InChI is InChI=1S/C17H26N2O/c1-12(2)13-6-8-14(9-7-13)19-16(20)15-17(3,4)10-5-11-18-15/h6-9,12,15,18H,5,10-11H2,1-4H3,(H,19,20). The minimum Gasteiger partial charge on any atom is -0.325 e. The molecule has 2 N–H and O–H groups in total. The van der Waals surface area contributed by atoms with Crippen molar-refractivity contribution in [2.45, 2.75) is 52.5 Å². The molecule has 2 rings (SSSR count). The lowest BCUT2D eigenvalue weighted by molar-refractivity contribution is -0.121. The van der Waals surface area contributed by atoms with Gasteiger partial charge in [-0.1, -0.05) is 39.8 Å². The second-order valence-corrected chi connectivity index (χ2v) is 6.75. The zero-order chi connectivity index (χ0) is 14.8. The van der Waals surface area contributed by atoms with Gasteiger partial charge >= 0.3 is 0 Å². The number of hydrogen-bond acceptors (Lipinski definition) is 2. The molecule has 0 aromatic heterocycles. The number of nitrogens with one attached hydrogen (secondary N) is 2. The Bertz CT molecular complexity index is 462. The highest BCUT2D eigenvalue weighted by Gasteiger charge is 2.36. The van der Waals surface area contributed by atoms with E-state index in [-0.39, 0.29) is 17.4 Å². The number of benzene rings is 1. The molecule has 0 spiro atoms. The van der Waals surface area contributed by atoms with Crippen LogP contribution in [0.2, 0.25) is 0 Å². The van der Waals surface area contributed by atoms with Crippen molar-refractivity contribution in [3.8, 4) is 0 Å². The van der Waals surface area contributed by atoms with E-state index in [0.717, 1.165) is 25.1 Å². The first-order chi connectivity index (χ1) is 9.40. The molecule has 1 fully saturated rings. The molecule has 3 nitrogen and oxygen atoms in total. The molecular formula is C17H26N2O. The SMILES string of the molecule is CC(C)c1ccc(NC(=O)C2NCCCC2(C)C)cc1. The molecule has 1 heterocycles. The van der Waals surface area contributed by atoms with E-state index < -0.39 is 0 Å². The van der Waals surface area contributed by atoms with E-state index in [1.165, 1.54) is 5.56 Å². The second-order valence-electron chi connectivity index (χ2n) is 6.75. The fourth-order valence-corrected chi connectivity index (χ4v) is 2.82. The highest BCUT2D eigenvalue weighted by molar-refractivity contribution is 5.95. The molecule has 1 aromatic rings. The Hall–Kier alpha value is -1.35. The van der Waals surface area contributed by atoms with Crippen LogP contribution in [0.5, 0.6) is 0 Å². The first-order valence-electron chi connectivity index (χ1n) is 7.54. The molecule has 3 heteroatoms. The van der Waals surface area contributed by atoms with Crippen LogP contribution in [-0.4, -0.2) is 18.5 Å². The van der Waals surface area contributed by atoms with Gasteiger partial charge in [0.25, 0.3) is 0 Å². The third kappa shape index (κ3) is 3.40. The Balaban J connectivity index is 2.03. The zero-order valence-corrected chi connectivity index (χ0v) is 13.0. The van der Waals surface area contributed by atoms with Crippen molar-refractivity contribution >= 4 is 11.6 Å². The molecule has 1 unspecified atom stereocenters. The van der Waals surface area contributed by atoms with Crippen molar-refractivity contribution in [3.05, 3.63) is 29.8 Å². The Morgan fingerprint density at radius 3 is 2.50 bits per heavy atom. The van der Waals surface area contributed by atoms with Crippen LogP contribution in [0.4, 0.5) is 5.69 Å². The van der Waals surface area contributed by atoms with Gasteiger partial charge in [0.2, 0.25) is 5.91 Å². The maximum Gasteiger partial charge on any atom is 0.242 e. The summed E-state index contributed by atoms with van der Waals surface area (Å²) in [5.74, 6) is 0.589. The van der Waals surface area contributed by atoms with E-state index >= 15 is 0 Å². The van der Waals surface area contributed by atoms with Gasteiger partial charge in [0.1, 0.15) is 0 Å². The summed E-state index contributed by atoms with van der Waals surface area (Å²) in [6.45, 7) is 9.58. The molecule has 0 aliphatic carbocycles. The van der Waals surface area contributed by atoms with Crippen LogP contribution >= 0.6 is 0 Å². The van der Waals surface area contributed by atoms with Gasteiger partial charge in [-0.25, -0.2) is 0 Å². The highest BCUT2D eigenvalue weighted by Crippen LogP contribution is 2.30. The maximum absolute atomic E-state index is 12.4. The van der Waals surface area contributed by atoms with Crippen LogP contribution in [0.1, 0.15) is 52.0 Å². The predicted molar refractivity (Wildman–Crippen MR) is 84.0 cm³/mol. The average molecular weight is 274 g/mol. The minimum atomic E-state index is -0.110. The minimum absolute atomic E-state index is 0.0141. The Morgan fingerprint density at radius 2 is 1.95 bits per heavy atom. The fraction of sp³-hybridized carbons (Fsp3) is 0.588. The van der Waals surface area contributed by atoms with Crippen molar-refractivity contribution in [2.24, 2.45) is 5.41 Å². The van der Waals surface area contributed by atoms with Gasteiger partial charge in [-0.15, -0.1) is 0 Å². The smallest absolute Gasteiger partial charge is 0.242 e. The van der Waals surface area contributed by atoms with Crippen LogP contribution in [0.15, 0.2) is 24.3 Å². The first-order valence-corrected chi connectivity index (χ1v) is 7.54. The van der Waals surface area contributed by atoms with E-state index in [1.54, 1.807) is 0 Å². The van der Waals surface area contributed by atoms with E-state index in [0.29, 0.717) is 5.92 Å². The van der Waals surface area contributed by atoms with Crippen molar-refractivity contribution in [2.75, 3.05) is 11.9 Å². The Morgan fingerprint density at radius 1 is 1.30 bits per heavy atom. The lowest BCUT2D eigenvalue weighted by Gasteiger charge is -2.38. The lowest BCUT2D eigenvalue weighted by atomic mass is 9.77. The average Bonchev–Trinajstić information content (AvgIpc) is 2.38. The summed E-state index contributed by atoms with van der Waals surface area (Å²) in [6, 6.07) is 8.03. The molecule has 1 aliphatic heterocycles. The molecule has 110 valence electrons. The number of rotatable bonds is 3. The van der Waals surface area contributed by atoms with Crippen molar-refractivity contribution in [3.63, 3.8) is 0 Å². The third-order valence-corrected chi connectivity index (χ3v) is 4.23. The van der Waals surface area contributed by atoms with Crippen molar-refractivity contribution in [1.29, 1.82) is 0 Å². The largest absolute Gasteiger partial charge is 0.325 e. The van der Waals surface area contributed by atoms with Gasteiger partial charge in [0.15, 0.2) is 0 Å². The molecule has 20 heavy (non-hydrogen) atoms. The van der Waals surface area contributed by atoms with E-state index in [2.05, 4.69) is 50.5 Å². The number of anilines is 1. The molecule has 1 amide bonds. The van der Waals surface area contributed by atoms with Crippen LogP contribution in [-0.2, 0) is 4.79 Å². The third-order valence-electron chi connectivity index (χ3n) is 4.23. The predicted octanol–water partition coefficient (Wildman–Crippen LogP) is 3.53. The second kappa shape index (κ2) is 5.96. The Kier molecular flexibility index (Phi) is 4.48. The number of amides is 1. The van der Waals surface area contributed by atoms with Gasteiger partial charge in [0, 0.05) is 5.69 Å².